The number of nitrogens with zero attached hydrogens (tertiary/aromatic N) is 3. The summed E-state index contributed by atoms with van der Waals surface area (Å²) >= 11 is 0. The first-order valence-electron chi connectivity index (χ1n) is 9.28. The van der Waals surface area contributed by atoms with Crippen LogP contribution in [0.4, 0.5) is 0 Å². The molecule has 4 aromatic rings. The number of aromatic nitrogens is 3. The summed E-state index contributed by atoms with van der Waals surface area (Å²) < 4.78 is 5.52. The van der Waals surface area contributed by atoms with E-state index in [0.717, 1.165) is 44.6 Å². The van der Waals surface area contributed by atoms with E-state index in [1.807, 2.05) is 42.7 Å². The maximum atomic E-state index is 12.4. The third-order valence-corrected chi connectivity index (χ3v) is 5.08. The van der Waals surface area contributed by atoms with Crippen molar-refractivity contribution < 1.29 is 9.53 Å². The third kappa shape index (κ3) is 3.23. The molecule has 0 bridgehead atoms. The zero-order valence-corrected chi connectivity index (χ0v) is 16.9. The van der Waals surface area contributed by atoms with Crippen LogP contribution < -0.4 is 4.74 Å². The minimum Gasteiger partial charge on any atom is -0.496 e. The van der Waals surface area contributed by atoms with Gasteiger partial charge in [-0.15, -0.1) is 0 Å². The molecule has 1 amide bonds. The van der Waals surface area contributed by atoms with Gasteiger partial charge >= 0.3 is 0 Å². The van der Waals surface area contributed by atoms with E-state index in [9.17, 15) is 4.79 Å². The quantitative estimate of drug-likeness (QED) is 0.567. The summed E-state index contributed by atoms with van der Waals surface area (Å²) in [4.78, 5) is 26.1. The second-order valence-corrected chi connectivity index (χ2v) is 7.08. The molecule has 0 spiro atoms. The lowest BCUT2D eigenvalue weighted by Gasteiger charge is -2.13. The highest BCUT2D eigenvalue weighted by Gasteiger charge is 2.17. The number of methoxy groups -OCH3 is 1. The van der Waals surface area contributed by atoms with E-state index in [1.165, 1.54) is 0 Å². The molecule has 0 aliphatic heterocycles. The van der Waals surface area contributed by atoms with Crippen LogP contribution in [-0.4, -0.2) is 47.0 Å². The van der Waals surface area contributed by atoms with Crippen LogP contribution in [0.1, 0.15) is 15.9 Å². The monoisotopic (exact) mass is 386 g/mol. The zero-order valence-electron chi connectivity index (χ0n) is 16.9. The van der Waals surface area contributed by atoms with Gasteiger partial charge in [-0.2, -0.15) is 0 Å². The van der Waals surface area contributed by atoms with Crippen molar-refractivity contribution in [2.45, 2.75) is 6.92 Å². The zero-order chi connectivity index (χ0) is 20.5. The van der Waals surface area contributed by atoms with Crippen LogP contribution in [0.15, 0.2) is 55.1 Å². The van der Waals surface area contributed by atoms with Crippen LogP contribution in [-0.2, 0) is 0 Å². The highest BCUT2D eigenvalue weighted by Crippen LogP contribution is 2.38. The average molecular weight is 386 g/mol. The number of fused-ring (bicyclic) bond motifs is 1. The van der Waals surface area contributed by atoms with Gasteiger partial charge in [-0.25, -0.2) is 4.98 Å². The Morgan fingerprint density at radius 1 is 1.10 bits per heavy atom. The Hall–Kier alpha value is -3.67. The molecule has 0 saturated heterocycles. The number of rotatable bonds is 4. The topological polar surface area (TPSA) is 71.1 Å². The average Bonchev–Trinajstić information content (AvgIpc) is 3.18. The van der Waals surface area contributed by atoms with Crippen molar-refractivity contribution in [3.63, 3.8) is 0 Å². The van der Waals surface area contributed by atoms with E-state index < -0.39 is 0 Å². The lowest BCUT2D eigenvalue weighted by atomic mass is 9.96. The molecule has 0 aliphatic rings. The maximum Gasteiger partial charge on any atom is 0.253 e. The molecule has 3 heterocycles. The molecule has 0 saturated carbocycles. The Balaban J connectivity index is 1.90. The Morgan fingerprint density at radius 2 is 1.93 bits per heavy atom. The number of hydrogen-bond acceptors (Lipinski definition) is 4. The highest BCUT2D eigenvalue weighted by atomic mass is 16.5. The van der Waals surface area contributed by atoms with Gasteiger partial charge in [-0.3, -0.25) is 9.78 Å². The van der Waals surface area contributed by atoms with Crippen LogP contribution >= 0.6 is 0 Å². The number of benzene rings is 1. The molecular formula is C23H22N4O2. The van der Waals surface area contributed by atoms with Crippen LogP contribution in [0.3, 0.4) is 0 Å². The van der Waals surface area contributed by atoms with Gasteiger partial charge in [0.05, 0.1) is 7.11 Å². The Morgan fingerprint density at radius 3 is 2.69 bits per heavy atom. The second kappa shape index (κ2) is 7.39. The summed E-state index contributed by atoms with van der Waals surface area (Å²) in [6.07, 6.45) is 7.28. The normalized spacial score (nSPS) is 10.9. The van der Waals surface area contributed by atoms with Crippen molar-refractivity contribution in [3.8, 4) is 28.0 Å². The molecule has 1 aromatic carbocycles. The summed E-state index contributed by atoms with van der Waals surface area (Å²) in [5.41, 5.74) is 6.34. The fourth-order valence-electron chi connectivity index (χ4n) is 3.60. The van der Waals surface area contributed by atoms with Crippen molar-refractivity contribution >= 4 is 16.9 Å². The fraction of sp³-hybridized carbons (Fsp3) is 0.174. The van der Waals surface area contributed by atoms with Gasteiger partial charge in [0.15, 0.2) is 0 Å². The third-order valence-electron chi connectivity index (χ3n) is 5.08. The summed E-state index contributed by atoms with van der Waals surface area (Å²) in [5, 5.41) is 1.01. The fourth-order valence-corrected chi connectivity index (χ4v) is 3.60. The molecule has 146 valence electrons. The van der Waals surface area contributed by atoms with Crippen molar-refractivity contribution in [2.24, 2.45) is 0 Å². The summed E-state index contributed by atoms with van der Waals surface area (Å²) in [6.45, 7) is 2.07. The molecule has 6 nitrogen and oxygen atoms in total. The van der Waals surface area contributed by atoms with Gasteiger partial charge in [0.25, 0.3) is 5.91 Å². The van der Waals surface area contributed by atoms with Gasteiger partial charge in [0.2, 0.25) is 0 Å². The van der Waals surface area contributed by atoms with E-state index in [2.05, 4.69) is 21.9 Å². The van der Waals surface area contributed by atoms with Gasteiger partial charge in [0.1, 0.15) is 11.4 Å². The van der Waals surface area contributed by atoms with Gasteiger partial charge in [-0.05, 0) is 36.2 Å². The highest BCUT2D eigenvalue weighted by molar-refractivity contribution is 6.01. The van der Waals surface area contributed by atoms with Crippen LogP contribution in [0.2, 0.25) is 0 Å². The van der Waals surface area contributed by atoms with E-state index in [1.54, 1.807) is 38.5 Å². The minimum atomic E-state index is -0.0269. The van der Waals surface area contributed by atoms with E-state index in [-0.39, 0.29) is 5.91 Å². The standard InChI is InChI=1S/C23H22N4O2/c1-14-17(15-6-5-7-16(10-15)23(28)27(2)3)12-25-22-21(14)19(13-26-22)18-11-24-9-8-20(18)29-4/h5-13H,1-4H3,(H,25,26). The van der Waals surface area contributed by atoms with Crippen molar-refractivity contribution in [2.75, 3.05) is 21.2 Å². The number of hydrogen-bond donors (Lipinski definition) is 1. The Bertz CT molecular complexity index is 1210. The first-order valence-corrected chi connectivity index (χ1v) is 9.28. The number of amides is 1. The molecular weight excluding hydrogens is 364 g/mol. The number of carbonyl (C=O) groups excluding carboxylic acids is 1. The summed E-state index contributed by atoms with van der Waals surface area (Å²) in [7, 11) is 5.15. The largest absolute Gasteiger partial charge is 0.496 e. The van der Waals surface area contributed by atoms with Crippen molar-refractivity contribution in [1.29, 1.82) is 0 Å². The van der Waals surface area contributed by atoms with E-state index in [4.69, 9.17) is 4.74 Å². The Kier molecular flexibility index (Phi) is 4.76. The van der Waals surface area contributed by atoms with Crippen LogP contribution in [0.25, 0.3) is 33.3 Å². The predicted molar refractivity (Wildman–Crippen MR) is 114 cm³/mol. The first-order chi connectivity index (χ1) is 14.0. The number of aromatic amines is 1. The number of ether oxygens (including phenoxy) is 1. The molecule has 1 N–H and O–H groups in total. The molecule has 6 heteroatoms. The molecule has 29 heavy (non-hydrogen) atoms. The maximum absolute atomic E-state index is 12.4. The summed E-state index contributed by atoms with van der Waals surface area (Å²) in [5.74, 6) is 0.727. The molecule has 3 aromatic heterocycles. The molecule has 0 radical (unpaired) electrons. The molecule has 0 atom stereocenters. The number of pyridine rings is 2. The van der Waals surface area contributed by atoms with Gasteiger partial charge < -0.3 is 14.6 Å². The van der Waals surface area contributed by atoms with Gasteiger partial charge in [-0.1, -0.05) is 12.1 Å². The first kappa shape index (κ1) is 18.7. The van der Waals surface area contributed by atoms with E-state index >= 15 is 0 Å². The second-order valence-electron chi connectivity index (χ2n) is 7.08. The van der Waals surface area contributed by atoms with Crippen molar-refractivity contribution in [3.05, 3.63) is 66.2 Å². The number of aryl methyl sites for hydroxylation is 1. The Labute approximate surface area is 169 Å². The lowest BCUT2D eigenvalue weighted by Crippen LogP contribution is -2.21. The SMILES string of the molecule is COc1ccncc1-c1c[nH]c2ncc(-c3cccc(C(=O)N(C)C)c3)c(C)c12. The van der Waals surface area contributed by atoms with Crippen LogP contribution in [0, 0.1) is 6.92 Å². The molecule has 4 rings (SSSR count). The number of carbonyl (C=O) groups is 1. The summed E-state index contributed by atoms with van der Waals surface area (Å²) in [6, 6.07) is 9.48. The predicted octanol–water partition coefficient (Wildman–Crippen LogP) is 4.31. The molecule has 0 fully saturated rings. The smallest absolute Gasteiger partial charge is 0.253 e. The van der Waals surface area contributed by atoms with Crippen molar-refractivity contribution in [1.82, 2.24) is 19.9 Å². The molecule has 0 aliphatic carbocycles. The van der Waals surface area contributed by atoms with E-state index in [0.29, 0.717) is 5.56 Å². The van der Waals surface area contributed by atoms with Gasteiger partial charge in [0, 0.05) is 66.5 Å². The minimum absolute atomic E-state index is 0.0269. The molecule has 0 unspecified atom stereocenters. The number of nitrogens with one attached hydrogen (secondary N) is 1. The lowest BCUT2D eigenvalue weighted by molar-refractivity contribution is 0.0827. The van der Waals surface area contributed by atoms with Crippen LogP contribution in [0.5, 0.6) is 5.75 Å². The number of H-pyrrole nitrogens is 1.